The van der Waals surface area contributed by atoms with Crippen LogP contribution in [0.15, 0.2) is 21.3 Å². The van der Waals surface area contributed by atoms with Gasteiger partial charge in [0.1, 0.15) is 14.9 Å². The van der Waals surface area contributed by atoms with E-state index in [1.165, 1.54) is 0 Å². The van der Waals surface area contributed by atoms with Crippen LogP contribution in [0.1, 0.15) is 11.1 Å². The second-order valence-electron chi connectivity index (χ2n) is 6.82. The van der Waals surface area contributed by atoms with E-state index in [9.17, 15) is 9.90 Å². The summed E-state index contributed by atoms with van der Waals surface area (Å²) in [6, 6.07) is 3.58. The summed E-state index contributed by atoms with van der Waals surface area (Å²) < 4.78 is 7.81. The van der Waals surface area contributed by atoms with Gasteiger partial charge in [-0.2, -0.15) is 0 Å². The highest BCUT2D eigenvalue weighted by molar-refractivity contribution is 14.1. The Morgan fingerprint density at radius 2 is 1.45 bits per heavy atom. The molecule has 2 aliphatic rings. The van der Waals surface area contributed by atoms with Gasteiger partial charge in [-0.25, -0.2) is 0 Å². The Morgan fingerprint density at radius 3 is 2.10 bits per heavy atom. The lowest BCUT2D eigenvalue weighted by atomic mass is 9.90. The van der Waals surface area contributed by atoms with Crippen molar-refractivity contribution >= 4 is 125 Å². The number of aryl methyl sites for hydroxylation is 1. The zero-order chi connectivity index (χ0) is 22.9. The van der Waals surface area contributed by atoms with Gasteiger partial charge in [0.25, 0.3) is 0 Å². The van der Waals surface area contributed by atoms with E-state index in [1.807, 2.05) is 58.2 Å². The first kappa shape index (κ1) is 24.4. The number of halogens is 7. The lowest BCUT2D eigenvalue weighted by Gasteiger charge is -2.22. The molecule has 2 aromatic rings. The molecule has 0 saturated heterocycles. The molecular formula is C21H9Cl4I3O3. The first-order valence-electron chi connectivity index (χ1n) is 8.56. The fraction of sp³-hybridized carbons (Fsp3) is 0.0952. The maximum atomic E-state index is 12.6. The molecule has 10 heteroatoms. The van der Waals surface area contributed by atoms with Crippen LogP contribution in [0.2, 0.25) is 20.1 Å². The zero-order valence-electron chi connectivity index (χ0n) is 15.6. The number of phenols is 1. The summed E-state index contributed by atoms with van der Waals surface area (Å²) in [7, 11) is 0. The third-order valence-corrected chi connectivity index (χ3v) is 9.56. The summed E-state index contributed by atoms with van der Waals surface area (Å²) in [6.45, 7) is 3.57. The normalized spacial score (nSPS) is 11.6. The van der Waals surface area contributed by atoms with Crippen LogP contribution in [0.25, 0.3) is 33.4 Å². The zero-order valence-corrected chi connectivity index (χ0v) is 25.1. The van der Waals surface area contributed by atoms with Crippen molar-refractivity contribution in [2.75, 3.05) is 0 Å². The summed E-state index contributed by atoms with van der Waals surface area (Å²) in [5.74, 6) is 0.509. The maximum Gasteiger partial charge on any atom is 0.209 e. The van der Waals surface area contributed by atoms with Crippen molar-refractivity contribution < 1.29 is 9.52 Å². The third kappa shape index (κ3) is 3.76. The van der Waals surface area contributed by atoms with E-state index in [1.54, 1.807) is 13.0 Å². The number of benzene rings is 3. The minimum atomic E-state index is -0.134. The number of rotatable bonds is 1. The fourth-order valence-electron chi connectivity index (χ4n) is 3.49. The van der Waals surface area contributed by atoms with E-state index >= 15 is 0 Å². The molecule has 4 rings (SSSR count). The molecule has 1 heterocycles. The summed E-state index contributed by atoms with van der Waals surface area (Å²) in [4.78, 5) is 12.6. The van der Waals surface area contributed by atoms with Gasteiger partial charge in [-0.3, -0.25) is 4.79 Å². The van der Waals surface area contributed by atoms with Crippen molar-refractivity contribution in [3.8, 4) is 28.2 Å². The van der Waals surface area contributed by atoms with Gasteiger partial charge >= 0.3 is 0 Å². The lowest BCUT2D eigenvalue weighted by molar-refractivity contribution is 0.466. The Hall–Kier alpha value is 0.280. The van der Waals surface area contributed by atoms with Crippen molar-refractivity contribution in [1.82, 2.24) is 0 Å². The Kier molecular flexibility index (Phi) is 6.94. The van der Waals surface area contributed by atoms with Crippen LogP contribution < -0.4 is 5.43 Å². The van der Waals surface area contributed by atoms with Gasteiger partial charge in [-0.05, 0) is 99.3 Å². The molecule has 2 aromatic carbocycles. The van der Waals surface area contributed by atoms with Gasteiger partial charge in [0.2, 0.25) is 5.43 Å². The van der Waals surface area contributed by atoms with Gasteiger partial charge in [-0.1, -0.05) is 46.4 Å². The Morgan fingerprint density at radius 1 is 0.839 bits per heavy atom. The standard InChI is InChI=1S/C21H9Cl4I3O3/c1-5-11(14(23)16(25)15(24)13(5)22)12-7-3-9(26)18(29)6(2)20(7)31-21-8(12)4-10(27)19(30)17(21)28/h3-4,29H,1-2H3. The quantitative estimate of drug-likeness (QED) is 0.0902. The largest absolute Gasteiger partial charge is 0.506 e. The molecular weight excluding hydrogens is 823 g/mol. The van der Waals surface area contributed by atoms with E-state index in [0.717, 1.165) is 0 Å². The Labute approximate surface area is 238 Å². The van der Waals surface area contributed by atoms with Crippen LogP contribution in [0, 0.1) is 24.6 Å². The first-order chi connectivity index (χ1) is 14.5. The Bertz CT molecular complexity index is 1430. The molecule has 0 atom stereocenters. The summed E-state index contributed by atoms with van der Waals surface area (Å²) in [5, 5.41) is 12.1. The minimum Gasteiger partial charge on any atom is -0.506 e. The summed E-state index contributed by atoms with van der Waals surface area (Å²) in [5.41, 5.74) is 3.48. The van der Waals surface area contributed by atoms with Gasteiger partial charge < -0.3 is 9.52 Å². The fourth-order valence-corrected chi connectivity index (χ4v) is 7.04. The van der Waals surface area contributed by atoms with Crippen LogP contribution in [-0.4, -0.2) is 5.11 Å². The van der Waals surface area contributed by atoms with Crippen molar-refractivity contribution in [3.05, 3.63) is 64.3 Å². The summed E-state index contributed by atoms with van der Waals surface area (Å²) in [6.07, 6.45) is 0. The van der Waals surface area contributed by atoms with Crippen LogP contribution in [0.3, 0.4) is 0 Å². The number of phenolic OH excluding ortho intramolecular Hbond substituents is 1. The molecule has 0 saturated carbocycles. The van der Waals surface area contributed by atoms with E-state index in [-0.39, 0.29) is 26.2 Å². The predicted molar refractivity (Wildman–Crippen MR) is 154 cm³/mol. The molecule has 1 aliphatic heterocycles. The lowest BCUT2D eigenvalue weighted by Crippen LogP contribution is -2.12. The highest BCUT2D eigenvalue weighted by Crippen LogP contribution is 2.52. The molecule has 0 bridgehead atoms. The predicted octanol–water partition coefficient (Wildman–Crippen LogP) is 9.31. The highest BCUT2D eigenvalue weighted by atomic mass is 127. The van der Waals surface area contributed by atoms with Gasteiger partial charge in [0, 0.05) is 27.6 Å². The van der Waals surface area contributed by atoms with E-state index in [2.05, 4.69) is 22.6 Å². The second-order valence-corrected chi connectivity index (χ2v) is 11.7. The minimum absolute atomic E-state index is 0.111. The molecule has 0 unspecified atom stereocenters. The van der Waals surface area contributed by atoms with Crippen LogP contribution >= 0.6 is 114 Å². The van der Waals surface area contributed by atoms with Gasteiger partial charge in [0.05, 0.1) is 27.2 Å². The molecule has 0 fully saturated rings. The monoisotopic (exact) mass is 830 g/mol. The average Bonchev–Trinajstić information content (AvgIpc) is 2.74. The summed E-state index contributed by atoms with van der Waals surface area (Å²) >= 11 is 32.0. The van der Waals surface area contributed by atoms with Crippen molar-refractivity contribution in [2.24, 2.45) is 0 Å². The highest BCUT2D eigenvalue weighted by Gasteiger charge is 2.29. The molecule has 0 spiro atoms. The second kappa shape index (κ2) is 8.81. The smallest absolute Gasteiger partial charge is 0.209 e. The molecule has 0 radical (unpaired) electrons. The first-order valence-corrected chi connectivity index (χ1v) is 13.3. The molecule has 160 valence electrons. The van der Waals surface area contributed by atoms with Crippen LogP contribution in [0.4, 0.5) is 0 Å². The molecule has 1 aliphatic carbocycles. The third-order valence-electron chi connectivity index (χ3n) is 5.06. The van der Waals surface area contributed by atoms with Gasteiger partial charge in [0.15, 0.2) is 5.76 Å². The van der Waals surface area contributed by atoms with Crippen LogP contribution in [0.5, 0.6) is 5.75 Å². The molecule has 0 amide bonds. The van der Waals surface area contributed by atoms with Gasteiger partial charge in [-0.15, -0.1) is 0 Å². The van der Waals surface area contributed by atoms with Crippen molar-refractivity contribution in [1.29, 1.82) is 0 Å². The Balaban J connectivity index is 2.39. The number of hydrogen-bond acceptors (Lipinski definition) is 3. The molecule has 31 heavy (non-hydrogen) atoms. The number of hydrogen-bond donors (Lipinski definition) is 1. The molecule has 1 N–H and O–H groups in total. The maximum absolute atomic E-state index is 12.6. The average molecular weight is 832 g/mol. The van der Waals surface area contributed by atoms with E-state index < -0.39 is 0 Å². The topological polar surface area (TPSA) is 50.4 Å². The van der Waals surface area contributed by atoms with Crippen molar-refractivity contribution in [3.63, 3.8) is 0 Å². The van der Waals surface area contributed by atoms with Crippen molar-refractivity contribution in [2.45, 2.75) is 13.8 Å². The number of fused-ring (bicyclic) bond motifs is 2. The molecule has 0 aromatic heterocycles. The van der Waals surface area contributed by atoms with Crippen LogP contribution in [-0.2, 0) is 0 Å². The SMILES string of the molecule is Cc1c(Cl)c(Cl)c(Cl)c(Cl)c1-c1c2cc(I)c(=O)c(I)c-2oc2c(C)c(O)c(I)cc12. The molecule has 3 nitrogen and oxygen atoms in total. The number of aromatic hydroxyl groups is 1. The van der Waals surface area contributed by atoms with E-state index in [4.69, 9.17) is 50.8 Å². The van der Waals surface area contributed by atoms with E-state index in [0.29, 0.717) is 60.3 Å².